The van der Waals surface area contributed by atoms with E-state index in [2.05, 4.69) is 9.67 Å². The van der Waals surface area contributed by atoms with Gasteiger partial charge in [0.15, 0.2) is 5.84 Å². The van der Waals surface area contributed by atoms with Crippen molar-refractivity contribution >= 4 is 40.4 Å². The lowest BCUT2D eigenvalue weighted by molar-refractivity contribution is -0.114. The maximum Gasteiger partial charge on any atom is 0.335 e. The highest BCUT2D eigenvalue weighted by atomic mass is 16.5. The predicted molar refractivity (Wildman–Crippen MR) is 134 cm³/mol. The van der Waals surface area contributed by atoms with Crippen LogP contribution in [0.1, 0.15) is 15.9 Å². The summed E-state index contributed by atoms with van der Waals surface area (Å²) in [6, 6.07) is 23.4. The minimum Gasteiger partial charge on any atom is -0.492 e. The molecule has 174 valence electrons. The van der Waals surface area contributed by atoms with E-state index >= 15 is 0 Å². The predicted octanol–water partition coefficient (Wildman–Crippen LogP) is 4.12. The molecule has 0 atom stereocenters. The summed E-state index contributed by atoms with van der Waals surface area (Å²) in [5.74, 6) is -0.516. The zero-order chi connectivity index (χ0) is 24.4. The SMILES string of the molecule is NC1=NN(c2ccc(C(=O)O)cc2)C(=O)/C1=C\c1cn(CCOc2ccccc2)c2ccccc12. The van der Waals surface area contributed by atoms with Crippen molar-refractivity contribution in [3.8, 4) is 5.75 Å². The number of benzene rings is 3. The van der Waals surface area contributed by atoms with Gasteiger partial charge in [0, 0.05) is 22.7 Å². The van der Waals surface area contributed by atoms with Crippen LogP contribution in [0.5, 0.6) is 5.75 Å². The van der Waals surface area contributed by atoms with Crippen molar-refractivity contribution in [3.63, 3.8) is 0 Å². The van der Waals surface area contributed by atoms with E-state index in [1.54, 1.807) is 6.08 Å². The lowest BCUT2D eigenvalue weighted by atomic mass is 10.1. The zero-order valence-corrected chi connectivity index (χ0v) is 18.7. The Labute approximate surface area is 201 Å². The molecule has 0 fully saturated rings. The number of nitrogens with two attached hydrogens (primary N) is 1. The summed E-state index contributed by atoms with van der Waals surface area (Å²) in [6.07, 6.45) is 3.71. The molecule has 0 saturated heterocycles. The van der Waals surface area contributed by atoms with Crippen LogP contribution in [0.4, 0.5) is 5.69 Å². The Morgan fingerprint density at radius 2 is 1.71 bits per heavy atom. The third kappa shape index (κ3) is 4.37. The van der Waals surface area contributed by atoms with Gasteiger partial charge in [-0.2, -0.15) is 5.01 Å². The number of rotatable bonds is 7. The Bertz CT molecular complexity index is 1470. The van der Waals surface area contributed by atoms with Gasteiger partial charge in [0.05, 0.1) is 23.4 Å². The summed E-state index contributed by atoms with van der Waals surface area (Å²) in [6.45, 7) is 1.11. The van der Waals surface area contributed by atoms with E-state index < -0.39 is 5.97 Å². The fraction of sp³-hybridized carbons (Fsp3) is 0.0741. The normalized spacial score (nSPS) is 14.5. The molecular formula is C27H22N4O4. The number of amidine groups is 1. The molecular weight excluding hydrogens is 444 g/mol. The van der Waals surface area contributed by atoms with Crippen molar-refractivity contribution in [1.82, 2.24) is 4.57 Å². The van der Waals surface area contributed by atoms with Crippen molar-refractivity contribution < 1.29 is 19.4 Å². The second kappa shape index (κ2) is 9.18. The van der Waals surface area contributed by atoms with Gasteiger partial charge in [0.25, 0.3) is 5.91 Å². The Morgan fingerprint density at radius 3 is 2.46 bits per heavy atom. The molecule has 8 nitrogen and oxygen atoms in total. The minimum atomic E-state index is -1.04. The molecule has 1 aliphatic rings. The number of anilines is 1. The Morgan fingerprint density at radius 1 is 1.00 bits per heavy atom. The van der Waals surface area contributed by atoms with Gasteiger partial charge in [0.2, 0.25) is 0 Å². The van der Waals surface area contributed by atoms with E-state index in [0.29, 0.717) is 18.8 Å². The third-order valence-electron chi connectivity index (χ3n) is 5.73. The first kappa shape index (κ1) is 22.0. The molecule has 0 unspecified atom stereocenters. The van der Waals surface area contributed by atoms with Crippen LogP contribution in [0.3, 0.4) is 0 Å². The number of carboxylic acid groups (broad SMARTS) is 1. The molecule has 0 aliphatic carbocycles. The molecule has 0 saturated carbocycles. The monoisotopic (exact) mass is 466 g/mol. The van der Waals surface area contributed by atoms with E-state index in [0.717, 1.165) is 22.2 Å². The summed E-state index contributed by atoms with van der Waals surface area (Å²) < 4.78 is 7.93. The highest BCUT2D eigenvalue weighted by molar-refractivity contribution is 6.32. The molecule has 0 radical (unpaired) electrons. The number of carbonyl (C=O) groups is 2. The fourth-order valence-corrected chi connectivity index (χ4v) is 4.00. The first-order chi connectivity index (χ1) is 17.0. The minimum absolute atomic E-state index is 0.0987. The van der Waals surface area contributed by atoms with Gasteiger partial charge >= 0.3 is 5.97 Å². The molecule has 3 N–H and O–H groups in total. The van der Waals surface area contributed by atoms with Crippen molar-refractivity contribution in [2.45, 2.75) is 6.54 Å². The maximum absolute atomic E-state index is 13.1. The molecule has 2 heterocycles. The number of carboxylic acids is 1. The number of ether oxygens (including phenoxy) is 1. The Balaban J connectivity index is 1.40. The number of aromatic carboxylic acids is 1. The van der Waals surface area contributed by atoms with E-state index in [9.17, 15) is 9.59 Å². The highest BCUT2D eigenvalue weighted by Crippen LogP contribution is 2.28. The number of hydrogen-bond acceptors (Lipinski definition) is 5. The number of carbonyl (C=O) groups excluding carboxylic acids is 1. The van der Waals surface area contributed by atoms with Crippen molar-refractivity contribution in [2.24, 2.45) is 10.8 Å². The van der Waals surface area contributed by atoms with Gasteiger partial charge in [-0.15, -0.1) is 5.10 Å². The summed E-state index contributed by atoms with van der Waals surface area (Å²) >= 11 is 0. The van der Waals surface area contributed by atoms with Crippen LogP contribution in [0.2, 0.25) is 0 Å². The average molecular weight is 466 g/mol. The number of hydrazone groups is 1. The quantitative estimate of drug-likeness (QED) is 0.398. The lowest BCUT2D eigenvalue weighted by Gasteiger charge is -2.11. The van der Waals surface area contributed by atoms with E-state index in [1.807, 2.05) is 60.8 Å². The molecule has 3 aromatic carbocycles. The number of amides is 1. The van der Waals surface area contributed by atoms with Crippen LogP contribution in [0.25, 0.3) is 17.0 Å². The van der Waals surface area contributed by atoms with Gasteiger partial charge in [-0.1, -0.05) is 36.4 Å². The van der Waals surface area contributed by atoms with Crippen molar-refractivity contribution in [2.75, 3.05) is 11.6 Å². The van der Waals surface area contributed by atoms with Crippen LogP contribution in [-0.4, -0.2) is 34.0 Å². The van der Waals surface area contributed by atoms with Gasteiger partial charge < -0.3 is 20.1 Å². The molecule has 0 bridgehead atoms. The summed E-state index contributed by atoms with van der Waals surface area (Å²) in [7, 11) is 0. The molecule has 1 aromatic heterocycles. The van der Waals surface area contributed by atoms with E-state index in [1.165, 1.54) is 29.3 Å². The lowest BCUT2D eigenvalue weighted by Crippen LogP contribution is -2.22. The third-order valence-corrected chi connectivity index (χ3v) is 5.73. The summed E-state index contributed by atoms with van der Waals surface area (Å²) in [5.41, 5.74) is 8.80. The van der Waals surface area contributed by atoms with E-state index in [4.69, 9.17) is 15.6 Å². The number of aromatic nitrogens is 1. The van der Waals surface area contributed by atoms with E-state index in [-0.39, 0.29) is 22.9 Å². The largest absolute Gasteiger partial charge is 0.492 e. The molecule has 5 rings (SSSR count). The number of nitrogens with zero attached hydrogens (tertiary/aromatic N) is 3. The number of para-hydroxylation sites is 2. The maximum atomic E-state index is 13.1. The van der Waals surface area contributed by atoms with Crippen LogP contribution < -0.4 is 15.5 Å². The van der Waals surface area contributed by atoms with Gasteiger partial charge in [-0.25, -0.2) is 4.79 Å². The highest BCUT2D eigenvalue weighted by Gasteiger charge is 2.30. The summed E-state index contributed by atoms with van der Waals surface area (Å²) in [5, 5.41) is 15.4. The fourth-order valence-electron chi connectivity index (χ4n) is 4.00. The molecule has 35 heavy (non-hydrogen) atoms. The van der Waals surface area contributed by atoms with Gasteiger partial charge in [-0.3, -0.25) is 4.79 Å². The molecule has 0 spiro atoms. The van der Waals surface area contributed by atoms with Crippen LogP contribution in [0.15, 0.2) is 95.7 Å². The van der Waals surface area contributed by atoms with Crippen molar-refractivity contribution in [3.05, 3.63) is 102 Å². The molecule has 8 heteroatoms. The molecule has 4 aromatic rings. The standard InChI is InChI=1S/C27H22N4O4/c28-25-23(26(32)31(29-25)20-12-10-18(11-13-20)27(33)34)16-19-17-30(24-9-5-4-8-22(19)24)14-15-35-21-6-2-1-3-7-21/h1-13,16-17H,14-15H2,(H2,28,29)(H,33,34)/b23-16-. The van der Waals surface area contributed by atoms with Gasteiger partial charge in [-0.05, 0) is 48.5 Å². The Hall–Kier alpha value is -4.85. The number of fused-ring (bicyclic) bond motifs is 1. The first-order valence-corrected chi connectivity index (χ1v) is 11.0. The first-order valence-electron chi connectivity index (χ1n) is 11.0. The number of hydrogen-bond donors (Lipinski definition) is 2. The average Bonchev–Trinajstić information content (AvgIpc) is 3.37. The second-order valence-corrected chi connectivity index (χ2v) is 7.97. The topological polar surface area (TPSA) is 110 Å². The van der Waals surface area contributed by atoms with Crippen LogP contribution >= 0.6 is 0 Å². The molecule has 1 amide bonds. The smallest absolute Gasteiger partial charge is 0.335 e. The van der Waals surface area contributed by atoms with Crippen molar-refractivity contribution in [1.29, 1.82) is 0 Å². The Kier molecular flexibility index (Phi) is 5.76. The molecule has 1 aliphatic heterocycles. The van der Waals surface area contributed by atoms with Crippen LogP contribution in [-0.2, 0) is 11.3 Å². The van der Waals surface area contributed by atoms with Crippen LogP contribution in [0, 0.1) is 0 Å². The second-order valence-electron chi connectivity index (χ2n) is 7.97. The zero-order valence-electron chi connectivity index (χ0n) is 18.7. The summed E-state index contributed by atoms with van der Waals surface area (Å²) in [4.78, 5) is 24.2. The van der Waals surface area contributed by atoms with Gasteiger partial charge in [0.1, 0.15) is 12.4 Å².